The fourth-order valence-corrected chi connectivity index (χ4v) is 4.88. The highest BCUT2D eigenvalue weighted by Crippen LogP contribution is 2.47. The molecule has 0 N–H and O–H groups in total. The predicted molar refractivity (Wildman–Crippen MR) is 105 cm³/mol. The summed E-state index contributed by atoms with van der Waals surface area (Å²) in [7, 11) is 2.27. The molecule has 0 aliphatic carbocycles. The van der Waals surface area contributed by atoms with E-state index in [1.165, 1.54) is 47.1 Å². The molecule has 2 unspecified atom stereocenters. The zero-order valence-corrected chi connectivity index (χ0v) is 15.2. The van der Waals surface area contributed by atoms with Crippen molar-refractivity contribution in [2.24, 2.45) is 0 Å². The fourth-order valence-electron chi connectivity index (χ4n) is 4.88. The first-order valence-corrected chi connectivity index (χ1v) is 9.41. The molecule has 0 spiro atoms. The van der Waals surface area contributed by atoms with Gasteiger partial charge in [0.05, 0.1) is 5.52 Å². The van der Waals surface area contributed by atoms with Gasteiger partial charge in [0.25, 0.3) is 0 Å². The van der Waals surface area contributed by atoms with Crippen LogP contribution in [0.25, 0.3) is 22.7 Å². The highest BCUT2D eigenvalue weighted by Gasteiger charge is 2.40. The second-order valence-electron chi connectivity index (χ2n) is 7.68. The number of para-hydroxylation sites is 1. The van der Waals surface area contributed by atoms with Crippen molar-refractivity contribution in [2.75, 3.05) is 7.05 Å². The van der Waals surface area contributed by atoms with Crippen LogP contribution in [0.2, 0.25) is 0 Å². The van der Waals surface area contributed by atoms with Crippen LogP contribution in [0.5, 0.6) is 0 Å². The lowest BCUT2D eigenvalue weighted by Gasteiger charge is -2.32. The van der Waals surface area contributed by atoms with Gasteiger partial charge >= 0.3 is 0 Å². The van der Waals surface area contributed by atoms with Gasteiger partial charge in [-0.3, -0.25) is 4.90 Å². The maximum Gasteiger partial charge on any atom is 0.123 e. The molecule has 26 heavy (non-hydrogen) atoms. The minimum Gasteiger partial charge on any atom is -0.320 e. The molecule has 0 saturated carbocycles. The van der Waals surface area contributed by atoms with Crippen molar-refractivity contribution >= 4 is 22.7 Å². The molecule has 3 heterocycles. The third-order valence-electron chi connectivity index (χ3n) is 6.28. The van der Waals surface area contributed by atoms with Gasteiger partial charge in [-0.1, -0.05) is 30.3 Å². The molecule has 0 amide bonds. The fraction of sp³-hybridized carbons (Fsp3) is 0.304. The molecule has 2 bridgehead atoms. The van der Waals surface area contributed by atoms with E-state index in [9.17, 15) is 4.39 Å². The zero-order valence-electron chi connectivity index (χ0n) is 15.2. The van der Waals surface area contributed by atoms with Crippen molar-refractivity contribution in [3.05, 3.63) is 71.2 Å². The Labute approximate surface area is 153 Å². The molecular formula is C23H23FN2. The Morgan fingerprint density at radius 2 is 1.85 bits per heavy atom. The number of allylic oxidation sites excluding steroid dienone is 1. The van der Waals surface area contributed by atoms with Gasteiger partial charge in [-0.05, 0) is 61.7 Å². The third kappa shape index (κ3) is 2.27. The molecule has 1 fully saturated rings. The van der Waals surface area contributed by atoms with E-state index in [0.717, 1.165) is 17.6 Å². The quantitative estimate of drug-likeness (QED) is 0.596. The second kappa shape index (κ2) is 5.82. The molecule has 3 aromatic rings. The Hall–Kier alpha value is -2.39. The average molecular weight is 346 g/mol. The highest BCUT2D eigenvalue weighted by atomic mass is 19.1. The van der Waals surface area contributed by atoms with Gasteiger partial charge in [-0.15, -0.1) is 0 Å². The predicted octanol–water partition coefficient (Wildman–Crippen LogP) is 5.49. The SMILES string of the molecule is C/C(=C\n1c2c(c3ccccc31)C1CCC(C2)N1C)c1ccc(F)cc1. The maximum atomic E-state index is 13.3. The summed E-state index contributed by atoms with van der Waals surface area (Å²) >= 11 is 0. The Balaban J connectivity index is 1.71. The van der Waals surface area contributed by atoms with Crippen molar-refractivity contribution < 1.29 is 4.39 Å². The van der Waals surface area contributed by atoms with Crippen LogP contribution in [0.15, 0.2) is 48.5 Å². The van der Waals surface area contributed by atoms with E-state index in [2.05, 4.69) is 53.9 Å². The van der Waals surface area contributed by atoms with Gasteiger partial charge in [0.1, 0.15) is 5.82 Å². The first-order chi connectivity index (χ1) is 12.6. The van der Waals surface area contributed by atoms with E-state index in [-0.39, 0.29) is 5.82 Å². The lowest BCUT2D eigenvalue weighted by molar-refractivity contribution is 0.223. The summed E-state index contributed by atoms with van der Waals surface area (Å²) in [5.41, 5.74) is 6.46. The minimum absolute atomic E-state index is 0.190. The molecule has 132 valence electrons. The van der Waals surface area contributed by atoms with E-state index in [1.54, 1.807) is 0 Å². The molecule has 2 nitrogen and oxygen atoms in total. The Kier molecular flexibility index (Phi) is 3.54. The van der Waals surface area contributed by atoms with Crippen molar-refractivity contribution in [2.45, 2.75) is 38.3 Å². The molecular weight excluding hydrogens is 323 g/mol. The Morgan fingerprint density at radius 3 is 2.65 bits per heavy atom. The number of benzene rings is 2. The van der Waals surface area contributed by atoms with Gasteiger partial charge in [-0.2, -0.15) is 0 Å². The summed E-state index contributed by atoms with van der Waals surface area (Å²) in [6.07, 6.45) is 5.87. The van der Waals surface area contributed by atoms with Gasteiger partial charge in [0.15, 0.2) is 0 Å². The van der Waals surface area contributed by atoms with Crippen LogP contribution in [0.4, 0.5) is 4.39 Å². The first kappa shape index (κ1) is 15.8. The summed E-state index contributed by atoms with van der Waals surface area (Å²) in [6, 6.07) is 16.7. The summed E-state index contributed by atoms with van der Waals surface area (Å²) < 4.78 is 15.7. The van der Waals surface area contributed by atoms with Crippen LogP contribution in [0.1, 0.15) is 42.6 Å². The van der Waals surface area contributed by atoms with Crippen molar-refractivity contribution in [1.29, 1.82) is 0 Å². The zero-order chi connectivity index (χ0) is 17.8. The van der Waals surface area contributed by atoms with Gasteiger partial charge < -0.3 is 4.57 Å². The van der Waals surface area contributed by atoms with Gasteiger partial charge in [0.2, 0.25) is 0 Å². The number of fused-ring (bicyclic) bond motifs is 6. The number of hydrogen-bond acceptors (Lipinski definition) is 1. The molecule has 2 aliphatic heterocycles. The van der Waals surface area contributed by atoms with Crippen molar-refractivity contribution in [3.63, 3.8) is 0 Å². The van der Waals surface area contributed by atoms with E-state index < -0.39 is 0 Å². The Morgan fingerprint density at radius 1 is 1.08 bits per heavy atom. The third-order valence-corrected chi connectivity index (χ3v) is 6.28. The van der Waals surface area contributed by atoms with Gasteiger partial charge in [0, 0.05) is 35.8 Å². The summed E-state index contributed by atoms with van der Waals surface area (Å²) in [6.45, 7) is 2.11. The normalized spacial score (nSPS) is 22.8. The molecule has 1 saturated heterocycles. The molecule has 2 atom stereocenters. The standard InChI is InChI=1S/C23H23FN2/c1-15(16-7-9-17(24)10-8-16)14-26-20-6-4-3-5-19(20)23-21-12-11-18(25(21)2)13-22(23)26/h3-10,14,18,21H,11-13H2,1-2H3/b15-14+. The van der Waals surface area contributed by atoms with E-state index in [4.69, 9.17) is 0 Å². The van der Waals surface area contributed by atoms with E-state index >= 15 is 0 Å². The summed E-state index contributed by atoms with van der Waals surface area (Å²) in [5.74, 6) is -0.190. The second-order valence-corrected chi connectivity index (χ2v) is 7.68. The lowest BCUT2D eigenvalue weighted by atomic mass is 9.97. The van der Waals surface area contributed by atoms with E-state index in [1.807, 2.05) is 12.1 Å². The van der Waals surface area contributed by atoms with Crippen LogP contribution in [0, 0.1) is 5.82 Å². The van der Waals surface area contributed by atoms with Crippen molar-refractivity contribution in [3.8, 4) is 0 Å². The maximum absolute atomic E-state index is 13.3. The number of halogens is 1. The summed E-state index contributed by atoms with van der Waals surface area (Å²) in [5, 5.41) is 1.38. The average Bonchev–Trinajstić information content (AvgIpc) is 3.07. The minimum atomic E-state index is -0.190. The Bertz CT molecular complexity index is 1010. The molecule has 2 aromatic carbocycles. The van der Waals surface area contributed by atoms with Crippen LogP contribution >= 0.6 is 0 Å². The highest BCUT2D eigenvalue weighted by molar-refractivity contribution is 5.90. The van der Waals surface area contributed by atoms with E-state index in [0.29, 0.717) is 12.1 Å². The smallest absolute Gasteiger partial charge is 0.123 e. The topological polar surface area (TPSA) is 8.17 Å². The first-order valence-electron chi connectivity index (χ1n) is 9.41. The molecule has 5 rings (SSSR count). The molecule has 1 aromatic heterocycles. The molecule has 3 heteroatoms. The van der Waals surface area contributed by atoms with Crippen LogP contribution < -0.4 is 0 Å². The molecule has 2 aliphatic rings. The van der Waals surface area contributed by atoms with Gasteiger partial charge in [-0.25, -0.2) is 4.39 Å². The van der Waals surface area contributed by atoms with Crippen LogP contribution in [-0.4, -0.2) is 22.6 Å². The number of likely N-dealkylation sites (N-methyl/N-ethyl adjacent to an activating group) is 1. The number of aromatic nitrogens is 1. The van der Waals surface area contributed by atoms with Crippen LogP contribution in [0.3, 0.4) is 0 Å². The largest absolute Gasteiger partial charge is 0.320 e. The van der Waals surface area contributed by atoms with Crippen LogP contribution in [-0.2, 0) is 6.42 Å². The summed E-state index contributed by atoms with van der Waals surface area (Å²) in [4.78, 5) is 2.57. The van der Waals surface area contributed by atoms with Crippen molar-refractivity contribution in [1.82, 2.24) is 9.47 Å². The number of nitrogens with zero attached hydrogens (tertiary/aromatic N) is 2. The monoisotopic (exact) mass is 346 g/mol. The molecule has 0 radical (unpaired) electrons. The lowest BCUT2D eigenvalue weighted by Crippen LogP contribution is -2.34. The number of hydrogen-bond donors (Lipinski definition) is 0. The number of rotatable bonds is 2.